The van der Waals surface area contributed by atoms with E-state index in [1.54, 1.807) is 18.2 Å². The number of halogens is 1. The fourth-order valence-corrected chi connectivity index (χ4v) is 4.00. The van der Waals surface area contributed by atoms with E-state index in [4.69, 9.17) is 16.3 Å². The molecule has 0 aliphatic carbocycles. The molecule has 2 rings (SSSR count). The van der Waals surface area contributed by atoms with E-state index >= 15 is 0 Å². The van der Waals surface area contributed by atoms with Crippen molar-refractivity contribution in [3.05, 3.63) is 23.2 Å². The molecule has 1 aromatic rings. The summed E-state index contributed by atoms with van der Waals surface area (Å²) in [4.78, 5) is 13.9. The normalized spacial score (nSPS) is 14.7. The molecule has 1 fully saturated rings. The summed E-state index contributed by atoms with van der Waals surface area (Å²) in [6.07, 6.45) is 4.05. The van der Waals surface area contributed by atoms with Gasteiger partial charge in [0.1, 0.15) is 5.75 Å². The third-order valence-corrected chi connectivity index (χ3v) is 5.52. The Balaban J connectivity index is 2.04. The molecule has 0 unspecified atom stereocenters. The van der Waals surface area contributed by atoms with Gasteiger partial charge < -0.3 is 9.64 Å². The van der Waals surface area contributed by atoms with E-state index in [1.165, 1.54) is 11.4 Å². The summed E-state index contributed by atoms with van der Waals surface area (Å²) >= 11 is 6.09. The molecule has 1 aromatic carbocycles. The SMILES string of the molecule is COc1ccc(N(CCCC(=O)N2CCCC2)S(C)(=O)=O)cc1Cl. The summed E-state index contributed by atoms with van der Waals surface area (Å²) in [5, 5.41) is 0.344. The molecule has 0 spiro atoms. The maximum absolute atomic E-state index is 12.1. The first-order valence-corrected chi connectivity index (χ1v) is 10.1. The van der Waals surface area contributed by atoms with Crippen LogP contribution >= 0.6 is 11.6 Å². The van der Waals surface area contributed by atoms with Crippen molar-refractivity contribution in [2.75, 3.05) is 37.3 Å². The lowest BCUT2D eigenvalue weighted by molar-refractivity contribution is -0.130. The Hall–Kier alpha value is -1.47. The molecule has 0 bridgehead atoms. The van der Waals surface area contributed by atoms with Crippen molar-refractivity contribution in [2.45, 2.75) is 25.7 Å². The van der Waals surface area contributed by atoms with Crippen LogP contribution in [0.25, 0.3) is 0 Å². The number of hydrogen-bond acceptors (Lipinski definition) is 4. The summed E-state index contributed by atoms with van der Waals surface area (Å²) in [5.74, 6) is 0.576. The first kappa shape index (κ1) is 18.9. The van der Waals surface area contributed by atoms with E-state index in [0.717, 1.165) is 32.2 Å². The molecule has 24 heavy (non-hydrogen) atoms. The third-order valence-electron chi connectivity index (χ3n) is 4.03. The number of amides is 1. The standard InChI is InChI=1S/C16H23ClN2O4S/c1-23-15-8-7-13(12-14(15)17)19(24(2,21)22)11-5-6-16(20)18-9-3-4-10-18/h7-8,12H,3-6,9-11H2,1-2H3. The van der Waals surface area contributed by atoms with Crippen molar-refractivity contribution < 1.29 is 17.9 Å². The number of nitrogens with zero attached hydrogens (tertiary/aromatic N) is 2. The fourth-order valence-electron chi connectivity index (χ4n) is 2.80. The number of hydrogen-bond donors (Lipinski definition) is 0. The number of likely N-dealkylation sites (tertiary alicyclic amines) is 1. The second-order valence-corrected chi connectivity index (χ2v) is 8.16. The molecule has 1 heterocycles. The van der Waals surface area contributed by atoms with Crippen molar-refractivity contribution in [1.82, 2.24) is 4.90 Å². The van der Waals surface area contributed by atoms with Crippen molar-refractivity contribution in [2.24, 2.45) is 0 Å². The molecule has 134 valence electrons. The maximum Gasteiger partial charge on any atom is 0.232 e. The number of sulfonamides is 1. The fraction of sp³-hybridized carbons (Fsp3) is 0.562. The molecular weight excluding hydrogens is 352 g/mol. The summed E-state index contributed by atoms with van der Waals surface area (Å²) in [6.45, 7) is 1.85. The molecule has 1 aliphatic heterocycles. The number of anilines is 1. The highest BCUT2D eigenvalue weighted by Gasteiger charge is 2.21. The van der Waals surface area contributed by atoms with Gasteiger partial charge >= 0.3 is 0 Å². The van der Waals surface area contributed by atoms with Gasteiger partial charge in [0.05, 0.1) is 24.1 Å². The highest BCUT2D eigenvalue weighted by atomic mass is 35.5. The molecular formula is C16H23ClN2O4S. The van der Waals surface area contributed by atoms with Crippen LogP contribution in [0.5, 0.6) is 5.75 Å². The number of benzene rings is 1. The van der Waals surface area contributed by atoms with Gasteiger partial charge in [-0.1, -0.05) is 11.6 Å². The van der Waals surface area contributed by atoms with Crippen LogP contribution in [0.1, 0.15) is 25.7 Å². The quantitative estimate of drug-likeness (QED) is 0.735. The summed E-state index contributed by atoms with van der Waals surface area (Å²) < 4.78 is 30.5. The van der Waals surface area contributed by atoms with Gasteiger partial charge in [-0.2, -0.15) is 0 Å². The van der Waals surface area contributed by atoms with Crippen LogP contribution in [0.4, 0.5) is 5.69 Å². The zero-order chi connectivity index (χ0) is 17.7. The number of methoxy groups -OCH3 is 1. The highest BCUT2D eigenvalue weighted by molar-refractivity contribution is 7.92. The smallest absolute Gasteiger partial charge is 0.232 e. The summed E-state index contributed by atoms with van der Waals surface area (Å²) in [5.41, 5.74) is 0.469. The van der Waals surface area contributed by atoms with Crippen molar-refractivity contribution in [1.29, 1.82) is 0 Å². The van der Waals surface area contributed by atoms with Crippen LogP contribution in [0.2, 0.25) is 5.02 Å². The minimum Gasteiger partial charge on any atom is -0.495 e. The largest absolute Gasteiger partial charge is 0.495 e. The molecule has 1 saturated heterocycles. The first-order valence-electron chi connectivity index (χ1n) is 7.92. The van der Waals surface area contributed by atoms with Gasteiger partial charge in [-0.3, -0.25) is 9.10 Å². The first-order chi connectivity index (χ1) is 11.3. The Kier molecular flexibility index (Phi) is 6.34. The van der Waals surface area contributed by atoms with Crippen molar-refractivity contribution in [3.8, 4) is 5.75 Å². The molecule has 1 aliphatic rings. The number of rotatable bonds is 7. The van der Waals surface area contributed by atoms with Crippen LogP contribution in [0.3, 0.4) is 0 Å². The second kappa shape index (κ2) is 8.07. The van der Waals surface area contributed by atoms with Gasteiger partial charge in [0.15, 0.2) is 0 Å². The van der Waals surface area contributed by atoms with Gasteiger partial charge in [0.25, 0.3) is 0 Å². The van der Waals surface area contributed by atoms with Gasteiger partial charge in [0, 0.05) is 26.1 Å². The molecule has 6 nitrogen and oxygen atoms in total. The Morgan fingerprint density at radius 3 is 2.54 bits per heavy atom. The van der Waals surface area contributed by atoms with Crippen LogP contribution in [0.15, 0.2) is 18.2 Å². The van der Waals surface area contributed by atoms with E-state index in [0.29, 0.717) is 29.3 Å². The van der Waals surface area contributed by atoms with Gasteiger partial charge in [-0.05, 0) is 37.5 Å². The Bertz CT molecular complexity index is 687. The predicted octanol–water partition coefficient (Wildman–Crippen LogP) is 2.52. The average Bonchev–Trinajstić information content (AvgIpc) is 3.04. The summed E-state index contributed by atoms with van der Waals surface area (Å²) in [6, 6.07) is 4.84. The Morgan fingerprint density at radius 1 is 1.33 bits per heavy atom. The zero-order valence-electron chi connectivity index (χ0n) is 14.0. The number of carbonyl (C=O) groups excluding carboxylic acids is 1. The minimum atomic E-state index is -3.46. The van der Waals surface area contributed by atoms with E-state index in [-0.39, 0.29) is 12.5 Å². The maximum atomic E-state index is 12.1. The molecule has 0 radical (unpaired) electrons. The molecule has 8 heteroatoms. The van der Waals surface area contributed by atoms with E-state index in [2.05, 4.69) is 0 Å². The lowest BCUT2D eigenvalue weighted by Crippen LogP contribution is -2.32. The van der Waals surface area contributed by atoms with E-state index in [1.807, 2.05) is 4.90 Å². The Morgan fingerprint density at radius 2 is 2.00 bits per heavy atom. The zero-order valence-corrected chi connectivity index (χ0v) is 15.6. The van der Waals surface area contributed by atoms with Crippen LogP contribution in [-0.2, 0) is 14.8 Å². The number of carbonyl (C=O) groups is 1. The second-order valence-electron chi connectivity index (χ2n) is 5.85. The molecule has 0 aromatic heterocycles. The molecule has 0 saturated carbocycles. The van der Waals surface area contributed by atoms with E-state index in [9.17, 15) is 13.2 Å². The van der Waals surface area contributed by atoms with Crippen molar-refractivity contribution in [3.63, 3.8) is 0 Å². The minimum absolute atomic E-state index is 0.0914. The molecule has 0 N–H and O–H groups in total. The van der Waals surface area contributed by atoms with Gasteiger partial charge in [0.2, 0.25) is 15.9 Å². The lowest BCUT2D eigenvalue weighted by atomic mass is 10.2. The average molecular weight is 375 g/mol. The monoisotopic (exact) mass is 374 g/mol. The third kappa shape index (κ3) is 4.77. The van der Waals surface area contributed by atoms with Crippen LogP contribution in [0, 0.1) is 0 Å². The molecule has 0 atom stereocenters. The van der Waals surface area contributed by atoms with Gasteiger partial charge in [-0.15, -0.1) is 0 Å². The topological polar surface area (TPSA) is 66.9 Å². The number of ether oxygens (including phenoxy) is 1. The summed E-state index contributed by atoms with van der Waals surface area (Å²) in [7, 11) is -1.96. The lowest BCUT2D eigenvalue weighted by Gasteiger charge is -2.23. The van der Waals surface area contributed by atoms with E-state index < -0.39 is 10.0 Å². The van der Waals surface area contributed by atoms with Crippen molar-refractivity contribution >= 4 is 33.2 Å². The van der Waals surface area contributed by atoms with Crippen LogP contribution in [-0.4, -0.2) is 52.2 Å². The Labute approximate surface area is 148 Å². The predicted molar refractivity (Wildman–Crippen MR) is 95.2 cm³/mol. The molecule has 1 amide bonds. The van der Waals surface area contributed by atoms with Gasteiger partial charge in [-0.25, -0.2) is 8.42 Å². The van der Waals surface area contributed by atoms with Crippen LogP contribution < -0.4 is 9.04 Å². The highest BCUT2D eigenvalue weighted by Crippen LogP contribution is 2.30.